The van der Waals surface area contributed by atoms with E-state index >= 15 is 0 Å². The molecule has 0 saturated heterocycles. The standard InChI is InChI=1S/C10H11NO6S/c1-16-10(13)5-2-7-6-8(3-4-9(7)12)17-18(11,14)15/h2-6,12H,1H3,(H2,11,14,15). The third-order valence-corrected chi connectivity index (χ3v) is 2.24. The first-order valence-electron chi connectivity index (χ1n) is 4.63. The Labute approximate surface area is 104 Å². The third kappa shape index (κ3) is 4.44. The predicted octanol–water partition coefficient (Wildman–Crippen LogP) is 0.161. The van der Waals surface area contributed by atoms with E-state index in [4.69, 9.17) is 5.14 Å². The zero-order valence-electron chi connectivity index (χ0n) is 9.36. The van der Waals surface area contributed by atoms with E-state index < -0.39 is 16.3 Å². The summed E-state index contributed by atoms with van der Waals surface area (Å²) in [6.45, 7) is 0. The van der Waals surface area contributed by atoms with E-state index in [1.165, 1.54) is 31.4 Å². The Morgan fingerprint density at radius 2 is 2.11 bits per heavy atom. The van der Waals surface area contributed by atoms with Gasteiger partial charge in [-0.25, -0.2) is 4.79 Å². The fraction of sp³-hybridized carbons (Fsp3) is 0.100. The van der Waals surface area contributed by atoms with Crippen LogP contribution in [0.4, 0.5) is 0 Å². The molecule has 98 valence electrons. The van der Waals surface area contributed by atoms with Gasteiger partial charge in [-0.3, -0.25) is 0 Å². The van der Waals surface area contributed by atoms with Gasteiger partial charge in [-0.05, 0) is 24.3 Å². The SMILES string of the molecule is COC(=O)C=Cc1cc(OS(N)(=O)=O)ccc1O. The van der Waals surface area contributed by atoms with Crippen LogP contribution in [0.3, 0.4) is 0 Å². The van der Waals surface area contributed by atoms with Crippen molar-refractivity contribution in [1.82, 2.24) is 0 Å². The van der Waals surface area contributed by atoms with Crippen LogP contribution >= 0.6 is 0 Å². The Kier molecular flexibility index (Phi) is 4.29. The zero-order valence-corrected chi connectivity index (χ0v) is 10.2. The number of carbonyl (C=O) groups excluding carboxylic acids is 1. The number of rotatable bonds is 4. The Morgan fingerprint density at radius 3 is 2.67 bits per heavy atom. The lowest BCUT2D eigenvalue weighted by molar-refractivity contribution is -0.134. The van der Waals surface area contributed by atoms with E-state index in [1.807, 2.05) is 0 Å². The van der Waals surface area contributed by atoms with Gasteiger partial charge in [0.05, 0.1) is 7.11 Å². The van der Waals surface area contributed by atoms with Gasteiger partial charge in [0.1, 0.15) is 11.5 Å². The fourth-order valence-corrected chi connectivity index (χ4v) is 1.45. The Balaban J connectivity index is 3.02. The van der Waals surface area contributed by atoms with E-state index in [1.54, 1.807) is 0 Å². The van der Waals surface area contributed by atoms with Crippen LogP contribution in [0, 0.1) is 0 Å². The average molecular weight is 273 g/mol. The molecular weight excluding hydrogens is 262 g/mol. The molecule has 0 saturated carbocycles. The summed E-state index contributed by atoms with van der Waals surface area (Å²) >= 11 is 0. The number of carbonyl (C=O) groups is 1. The lowest BCUT2D eigenvalue weighted by Gasteiger charge is -2.04. The lowest BCUT2D eigenvalue weighted by Crippen LogP contribution is -2.18. The van der Waals surface area contributed by atoms with E-state index in [9.17, 15) is 18.3 Å². The highest BCUT2D eigenvalue weighted by atomic mass is 32.2. The number of hydrogen-bond acceptors (Lipinski definition) is 6. The topological polar surface area (TPSA) is 116 Å². The van der Waals surface area contributed by atoms with Gasteiger partial charge in [0, 0.05) is 11.6 Å². The Bertz CT molecular complexity index is 578. The van der Waals surface area contributed by atoms with Gasteiger partial charge in [-0.1, -0.05) is 0 Å². The molecular formula is C10H11NO6S. The molecule has 0 unspecified atom stereocenters. The molecule has 0 aliphatic rings. The highest BCUT2D eigenvalue weighted by Gasteiger charge is 2.07. The maximum atomic E-state index is 10.9. The minimum absolute atomic E-state index is 0.0835. The van der Waals surface area contributed by atoms with Crippen LogP contribution in [0.1, 0.15) is 5.56 Å². The Morgan fingerprint density at radius 1 is 1.44 bits per heavy atom. The molecule has 3 N–H and O–H groups in total. The number of methoxy groups -OCH3 is 1. The number of hydrogen-bond donors (Lipinski definition) is 2. The molecule has 0 aromatic heterocycles. The molecule has 1 aromatic rings. The maximum Gasteiger partial charge on any atom is 0.380 e. The van der Waals surface area contributed by atoms with Crippen molar-refractivity contribution in [2.45, 2.75) is 0 Å². The molecule has 0 aliphatic heterocycles. The van der Waals surface area contributed by atoms with Crippen LogP contribution in [0.2, 0.25) is 0 Å². The van der Waals surface area contributed by atoms with Crippen molar-refractivity contribution in [3.05, 3.63) is 29.8 Å². The fourth-order valence-electron chi connectivity index (χ4n) is 1.08. The quantitative estimate of drug-likeness (QED) is 0.596. The second kappa shape index (κ2) is 5.52. The van der Waals surface area contributed by atoms with Crippen LogP contribution in [-0.4, -0.2) is 26.6 Å². The number of ether oxygens (including phenoxy) is 1. The summed E-state index contributed by atoms with van der Waals surface area (Å²) in [7, 11) is -2.94. The third-order valence-electron chi connectivity index (χ3n) is 1.81. The van der Waals surface area contributed by atoms with Crippen LogP contribution in [0.25, 0.3) is 6.08 Å². The number of nitrogens with two attached hydrogens (primary N) is 1. The van der Waals surface area contributed by atoms with Gasteiger partial charge in [0.2, 0.25) is 0 Å². The van der Waals surface area contributed by atoms with Crippen molar-refractivity contribution in [1.29, 1.82) is 0 Å². The number of esters is 1. The monoisotopic (exact) mass is 273 g/mol. The van der Waals surface area contributed by atoms with Crippen molar-refractivity contribution in [2.24, 2.45) is 5.14 Å². The molecule has 8 heteroatoms. The molecule has 0 amide bonds. The first-order chi connectivity index (χ1) is 8.31. The molecule has 7 nitrogen and oxygen atoms in total. The van der Waals surface area contributed by atoms with Gasteiger partial charge in [-0.15, -0.1) is 0 Å². The molecule has 18 heavy (non-hydrogen) atoms. The highest BCUT2D eigenvalue weighted by molar-refractivity contribution is 7.84. The van der Waals surface area contributed by atoms with Crippen molar-refractivity contribution in [3.63, 3.8) is 0 Å². The van der Waals surface area contributed by atoms with E-state index in [-0.39, 0.29) is 17.1 Å². The summed E-state index contributed by atoms with van der Waals surface area (Å²) in [4.78, 5) is 10.9. The van der Waals surface area contributed by atoms with E-state index in [2.05, 4.69) is 8.92 Å². The number of aromatic hydroxyl groups is 1. The zero-order chi connectivity index (χ0) is 13.8. The predicted molar refractivity (Wildman–Crippen MR) is 62.9 cm³/mol. The van der Waals surface area contributed by atoms with Crippen molar-refractivity contribution in [2.75, 3.05) is 7.11 Å². The maximum absolute atomic E-state index is 10.9. The van der Waals surface area contributed by atoms with Gasteiger partial charge in [-0.2, -0.15) is 13.6 Å². The molecule has 0 bridgehead atoms. The first kappa shape index (κ1) is 14.0. The summed E-state index contributed by atoms with van der Waals surface area (Å²) in [5.41, 5.74) is 0.182. The molecule has 0 fully saturated rings. The van der Waals surface area contributed by atoms with Gasteiger partial charge in [0.25, 0.3) is 0 Å². The molecule has 0 aliphatic carbocycles. The lowest BCUT2D eigenvalue weighted by atomic mass is 10.2. The second-order valence-corrected chi connectivity index (χ2v) is 4.31. The molecule has 0 spiro atoms. The normalized spacial score (nSPS) is 11.4. The van der Waals surface area contributed by atoms with Gasteiger partial charge >= 0.3 is 16.3 Å². The minimum Gasteiger partial charge on any atom is -0.507 e. The van der Waals surface area contributed by atoms with Crippen LogP contribution in [0.5, 0.6) is 11.5 Å². The highest BCUT2D eigenvalue weighted by Crippen LogP contribution is 2.24. The summed E-state index contributed by atoms with van der Waals surface area (Å²) < 4.78 is 30.2. The van der Waals surface area contributed by atoms with Crippen molar-refractivity contribution >= 4 is 22.3 Å². The Hall–Kier alpha value is -2.06. The number of phenols is 1. The number of phenolic OH excluding ortho intramolecular Hbond substituents is 1. The van der Waals surface area contributed by atoms with Crippen molar-refractivity contribution < 1.29 is 27.2 Å². The number of benzene rings is 1. The molecule has 0 radical (unpaired) electrons. The molecule has 1 rings (SSSR count). The van der Waals surface area contributed by atoms with Gasteiger partial charge in [0.15, 0.2) is 0 Å². The smallest absolute Gasteiger partial charge is 0.380 e. The second-order valence-electron chi connectivity index (χ2n) is 3.15. The van der Waals surface area contributed by atoms with Gasteiger partial charge < -0.3 is 14.0 Å². The summed E-state index contributed by atoms with van der Waals surface area (Å²) in [5.74, 6) is -0.857. The molecule has 1 aromatic carbocycles. The summed E-state index contributed by atoms with van der Waals surface area (Å²) in [6, 6.07) is 3.63. The summed E-state index contributed by atoms with van der Waals surface area (Å²) in [6.07, 6.45) is 2.31. The first-order valence-corrected chi connectivity index (χ1v) is 6.10. The van der Waals surface area contributed by atoms with E-state index in [0.29, 0.717) is 0 Å². The van der Waals surface area contributed by atoms with Crippen LogP contribution in [0.15, 0.2) is 24.3 Å². The molecule has 0 atom stereocenters. The molecule has 0 heterocycles. The van der Waals surface area contributed by atoms with Crippen LogP contribution in [-0.2, 0) is 19.8 Å². The van der Waals surface area contributed by atoms with Crippen molar-refractivity contribution in [3.8, 4) is 11.5 Å². The largest absolute Gasteiger partial charge is 0.507 e. The summed E-state index contributed by atoms with van der Waals surface area (Å²) in [5, 5.41) is 14.2. The minimum atomic E-state index is -4.14. The van der Waals surface area contributed by atoms with Crippen LogP contribution < -0.4 is 9.32 Å². The van der Waals surface area contributed by atoms with E-state index in [0.717, 1.165) is 6.08 Å². The average Bonchev–Trinajstić information content (AvgIpc) is 2.27.